The lowest BCUT2D eigenvalue weighted by molar-refractivity contribution is -0.143. The van der Waals surface area contributed by atoms with Gasteiger partial charge in [0, 0.05) is 6.20 Å². The summed E-state index contributed by atoms with van der Waals surface area (Å²) in [6.07, 6.45) is -3.15. The molecule has 1 rings (SSSR count). The zero-order valence-corrected chi connectivity index (χ0v) is 5.97. The predicted molar refractivity (Wildman–Crippen MR) is 35.0 cm³/mol. The van der Waals surface area contributed by atoms with Crippen molar-refractivity contribution in [1.82, 2.24) is 4.57 Å². The van der Waals surface area contributed by atoms with Crippen LogP contribution >= 0.6 is 0 Å². The molecule has 12 heavy (non-hydrogen) atoms. The molecule has 64 valence electrons. The van der Waals surface area contributed by atoms with Gasteiger partial charge in [0.05, 0.1) is 6.07 Å². The highest BCUT2D eigenvalue weighted by molar-refractivity contribution is 5.11. The Hall–Kier alpha value is -1.44. The predicted octanol–water partition coefficient (Wildman–Crippen LogP) is 2.03. The van der Waals surface area contributed by atoms with E-state index in [0.717, 1.165) is 10.6 Å². The lowest BCUT2D eigenvalue weighted by Crippen LogP contribution is -2.12. The van der Waals surface area contributed by atoms with E-state index in [1.807, 2.05) is 0 Å². The lowest BCUT2D eigenvalue weighted by atomic mass is 10.4. The van der Waals surface area contributed by atoms with Crippen LogP contribution in [0, 0.1) is 11.3 Å². The first-order valence-electron chi connectivity index (χ1n) is 3.15. The van der Waals surface area contributed by atoms with E-state index in [2.05, 4.69) is 0 Å². The molecule has 1 heterocycles. The summed E-state index contributed by atoms with van der Waals surface area (Å²) in [5.74, 6) is 0. The molecular weight excluding hydrogens is 169 g/mol. The third-order valence-electron chi connectivity index (χ3n) is 1.36. The summed E-state index contributed by atoms with van der Waals surface area (Å²) in [6.45, 7) is -0.276. The smallest absolute Gasteiger partial charge is 0.330 e. The van der Waals surface area contributed by atoms with E-state index >= 15 is 0 Å². The SMILES string of the molecule is N#CCn1cccc1C(F)(F)F. The van der Waals surface area contributed by atoms with E-state index in [0.29, 0.717) is 0 Å². The molecule has 0 aliphatic carbocycles. The van der Waals surface area contributed by atoms with Gasteiger partial charge in [-0.1, -0.05) is 0 Å². The Morgan fingerprint density at radius 3 is 2.67 bits per heavy atom. The molecule has 0 aromatic carbocycles. The first-order chi connectivity index (χ1) is 5.55. The largest absolute Gasteiger partial charge is 0.431 e. The maximum atomic E-state index is 12.1. The number of aromatic nitrogens is 1. The van der Waals surface area contributed by atoms with Gasteiger partial charge in [-0.15, -0.1) is 0 Å². The van der Waals surface area contributed by atoms with Crippen LogP contribution in [0.2, 0.25) is 0 Å². The number of hydrogen-bond donors (Lipinski definition) is 0. The van der Waals surface area contributed by atoms with E-state index in [-0.39, 0.29) is 6.54 Å². The molecule has 0 saturated carbocycles. The molecule has 2 nitrogen and oxygen atoms in total. The van der Waals surface area contributed by atoms with Crippen LogP contribution in [0.1, 0.15) is 5.69 Å². The van der Waals surface area contributed by atoms with Crippen molar-refractivity contribution < 1.29 is 13.2 Å². The Kier molecular flexibility index (Phi) is 2.09. The van der Waals surface area contributed by atoms with Gasteiger partial charge >= 0.3 is 6.18 Å². The highest BCUT2D eigenvalue weighted by Gasteiger charge is 2.33. The lowest BCUT2D eigenvalue weighted by Gasteiger charge is -2.07. The van der Waals surface area contributed by atoms with Gasteiger partial charge in [0.2, 0.25) is 0 Å². The summed E-state index contributed by atoms with van der Waals surface area (Å²) in [7, 11) is 0. The van der Waals surface area contributed by atoms with Gasteiger partial charge in [-0.05, 0) is 12.1 Å². The van der Waals surface area contributed by atoms with Crippen molar-refractivity contribution in [3.63, 3.8) is 0 Å². The minimum atomic E-state index is -4.37. The summed E-state index contributed by atoms with van der Waals surface area (Å²) >= 11 is 0. The summed E-state index contributed by atoms with van der Waals surface area (Å²) < 4.78 is 37.1. The molecule has 0 bridgehead atoms. The van der Waals surface area contributed by atoms with E-state index < -0.39 is 11.9 Å². The summed E-state index contributed by atoms with van der Waals surface area (Å²) in [6, 6.07) is 3.85. The van der Waals surface area contributed by atoms with Crippen molar-refractivity contribution in [3.8, 4) is 6.07 Å². The van der Waals surface area contributed by atoms with Crippen molar-refractivity contribution in [2.75, 3.05) is 0 Å². The Labute approximate surface area is 66.8 Å². The highest BCUT2D eigenvalue weighted by atomic mass is 19.4. The number of halogens is 3. The number of alkyl halides is 3. The second-order valence-electron chi connectivity index (χ2n) is 2.18. The molecule has 1 aromatic rings. The Bertz CT molecular complexity index is 305. The van der Waals surface area contributed by atoms with Crippen molar-refractivity contribution in [1.29, 1.82) is 5.26 Å². The second-order valence-corrected chi connectivity index (χ2v) is 2.18. The third-order valence-corrected chi connectivity index (χ3v) is 1.36. The number of nitriles is 1. The van der Waals surface area contributed by atoms with Gasteiger partial charge < -0.3 is 4.57 Å². The van der Waals surface area contributed by atoms with E-state index in [9.17, 15) is 13.2 Å². The molecule has 0 atom stereocenters. The monoisotopic (exact) mass is 174 g/mol. The Balaban J connectivity index is 3.01. The highest BCUT2D eigenvalue weighted by Crippen LogP contribution is 2.29. The van der Waals surface area contributed by atoms with Crippen molar-refractivity contribution >= 4 is 0 Å². The Morgan fingerprint density at radius 1 is 1.50 bits per heavy atom. The zero-order valence-electron chi connectivity index (χ0n) is 5.97. The fourth-order valence-corrected chi connectivity index (χ4v) is 0.885. The summed E-state index contributed by atoms with van der Waals surface area (Å²) in [4.78, 5) is 0. The molecule has 0 radical (unpaired) electrons. The van der Waals surface area contributed by atoms with Crippen molar-refractivity contribution in [2.24, 2.45) is 0 Å². The molecule has 0 aliphatic rings. The maximum absolute atomic E-state index is 12.1. The van der Waals surface area contributed by atoms with Gasteiger partial charge in [0.25, 0.3) is 0 Å². The standard InChI is InChI=1S/C7H5F3N2/c8-7(9,10)6-2-1-4-12(6)5-3-11/h1-2,4H,5H2. The van der Waals surface area contributed by atoms with E-state index in [1.54, 1.807) is 6.07 Å². The maximum Gasteiger partial charge on any atom is 0.431 e. The van der Waals surface area contributed by atoms with Crippen LogP contribution in [0.25, 0.3) is 0 Å². The van der Waals surface area contributed by atoms with Crippen LogP contribution in [0.15, 0.2) is 18.3 Å². The van der Waals surface area contributed by atoms with Crippen LogP contribution in [0.4, 0.5) is 13.2 Å². The normalized spacial score (nSPS) is 11.2. The van der Waals surface area contributed by atoms with Crippen molar-refractivity contribution in [3.05, 3.63) is 24.0 Å². The topological polar surface area (TPSA) is 28.7 Å². The summed E-state index contributed by atoms with van der Waals surface area (Å²) in [5.41, 5.74) is -0.788. The molecule has 0 fully saturated rings. The van der Waals surface area contributed by atoms with Crippen LogP contribution < -0.4 is 0 Å². The van der Waals surface area contributed by atoms with Gasteiger partial charge in [-0.3, -0.25) is 0 Å². The number of nitrogens with zero attached hydrogens (tertiary/aromatic N) is 2. The molecular formula is C7H5F3N2. The van der Waals surface area contributed by atoms with Crippen LogP contribution in [0.3, 0.4) is 0 Å². The van der Waals surface area contributed by atoms with Gasteiger partial charge in [0.1, 0.15) is 12.2 Å². The minimum Gasteiger partial charge on any atom is -0.330 e. The van der Waals surface area contributed by atoms with Crippen LogP contribution in [0.5, 0.6) is 0 Å². The van der Waals surface area contributed by atoms with Crippen LogP contribution in [-0.2, 0) is 12.7 Å². The third kappa shape index (κ3) is 1.59. The second kappa shape index (κ2) is 2.89. The van der Waals surface area contributed by atoms with Gasteiger partial charge in [-0.25, -0.2) is 0 Å². The van der Waals surface area contributed by atoms with Crippen LogP contribution in [-0.4, -0.2) is 4.57 Å². The quantitative estimate of drug-likeness (QED) is 0.640. The van der Waals surface area contributed by atoms with Crippen molar-refractivity contribution in [2.45, 2.75) is 12.7 Å². The summed E-state index contributed by atoms with van der Waals surface area (Å²) in [5, 5.41) is 8.19. The first-order valence-corrected chi connectivity index (χ1v) is 3.15. The van der Waals surface area contributed by atoms with Gasteiger partial charge in [0.15, 0.2) is 0 Å². The van der Waals surface area contributed by atoms with E-state index in [4.69, 9.17) is 5.26 Å². The molecule has 1 aromatic heterocycles. The molecule has 5 heteroatoms. The molecule has 0 unspecified atom stereocenters. The molecule has 0 aliphatic heterocycles. The fraction of sp³-hybridized carbons (Fsp3) is 0.286. The molecule has 0 saturated heterocycles. The average Bonchev–Trinajstić information content (AvgIpc) is 2.34. The first kappa shape index (κ1) is 8.65. The molecule has 0 amide bonds. The van der Waals surface area contributed by atoms with E-state index in [1.165, 1.54) is 12.3 Å². The average molecular weight is 174 g/mol. The number of hydrogen-bond acceptors (Lipinski definition) is 1. The molecule has 0 spiro atoms. The minimum absolute atomic E-state index is 0.276. The zero-order chi connectivity index (χ0) is 9.19. The fourth-order valence-electron chi connectivity index (χ4n) is 0.885. The Morgan fingerprint density at radius 2 is 2.17 bits per heavy atom. The molecule has 0 N–H and O–H groups in total. The number of rotatable bonds is 1. The van der Waals surface area contributed by atoms with Gasteiger partial charge in [-0.2, -0.15) is 18.4 Å².